The molecular formula is C22H25N3O2S. The van der Waals surface area contributed by atoms with Crippen molar-refractivity contribution in [2.24, 2.45) is 5.92 Å². The van der Waals surface area contributed by atoms with E-state index in [-0.39, 0.29) is 17.7 Å². The van der Waals surface area contributed by atoms with E-state index in [4.69, 9.17) is 0 Å². The number of carbonyl (C=O) groups is 2. The molecule has 3 rings (SSSR count). The molecule has 0 fully saturated rings. The summed E-state index contributed by atoms with van der Waals surface area (Å²) in [4.78, 5) is 28.5. The molecule has 0 unspecified atom stereocenters. The summed E-state index contributed by atoms with van der Waals surface area (Å²) < 4.78 is 1.01. The Morgan fingerprint density at radius 3 is 2.43 bits per heavy atom. The summed E-state index contributed by atoms with van der Waals surface area (Å²) in [6, 6.07) is 13.9. The van der Waals surface area contributed by atoms with Crippen LogP contribution in [0.4, 0.5) is 10.8 Å². The van der Waals surface area contributed by atoms with Gasteiger partial charge in [0, 0.05) is 18.0 Å². The molecule has 0 saturated heterocycles. The zero-order valence-corrected chi connectivity index (χ0v) is 17.2. The van der Waals surface area contributed by atoms with Crippen LogP contribution in [-0.4, -0.2) is 16.8 Å². The normalized spacial score (nSPS) is 11.0. The van der Waals surface area contributed by atoms with Crippen molar-refractivity contribution < 1.29 is 9.59 Å². The van der Waals surface area contributed by atoms with Crippen LogP contribution in [-0.2, 0) is 22.4 Å². The lowest BCUT2D eigenvalue weighted by atomic mass is 10.1. The highest BCUT2D eigenvalue weighted by Crippen LogP contribution is 2.27. The lowest BCUT2D eigenvalue weighted by Gasteiger charge is -2.06. The number of benzene rings is 2. The molecule has 0 aliphatic carbocycles. The summed E-state index contributed by atoms with van der Waals surface area (Å²) in [6.45, 7) is 5.81. The minimum Gasteiger partial charge on any atom is -0.326 e. The van der Waals surface area contributed by atoms with Gasteiger partial charge in [0.1, 0.15) is 0 Å². The molecule has 2 amide bonds. The Labute approximate surface area is 169 Å². The second-order valence-corrected chi connectivity index (χ2v) is 8.09. The monoisotopic (exact) mass is 395 g/mol. The Balaban J connectivity index is 1.59. The van der Waals surface area contributed by atoms with Crippen molar-refractivity contribution >= 4 is 44.2 Å². The van der Waals surface area contributed by atoms with E-state index in [1.165, 1.54) is 16.9 Å². The predicted molar refractivity (Wildman–Crippen MR) is 116 cm³/mol. The predicted octanol–water partition coefficient (Wildman–Crippen LogP) is 5.02. The van der Waals surface area contributed by atoms with Crippen molar-refractivity contribution in [2.45, 2.75) is 40.0 Å². The van der Waals surface area contributed by atoms with Crippen LogP contribution in [0.15, 0.2) is 42.5 Å². The summed E-state index contributed by atoms with van der Waals surface area (Å²) in [6.07, 6.45) is 2.05. The van der Waals surface area contributed by atoms with E-state index in [9.17, 15) is 9.59 Å². The number of thiazole rings is 1. The topological polar surface area (TPSA) is 71.1 Å². The number of rotatable bonds is 7. The summed E-state index contributed by atoms with van der Waals surface area (Å²) in [7, 11) is 0. The minimum absolute atomic E-state index is 0.00136. The number of amides is 2. The molecule has 2 aromatic carbocycles. The molecule has 0 bridgehead atoms. The molecular weight excluding hydrogens is 370 g/mol. The molecule has 1 heterocycles. The number of aryl methyl sites for hydroxylation is 2. The first-order valence-electron chi connectivity index (χ1n) is 9.53. The second-order valence-electron chi connectivity index (χ2n) is 7.06. The highest BCUT2D eigenvalue weighted by atomic mass is 32.1. The molecule has 1 aromatic heterocycles. The summed E-state index contributed by atoms with van der Waals surface area (Å²) in [5.41, 5.74) is 4.01. The SMILES string of the molecule is CCc1ccc(NC(=O)CCc2ccc3nc(NC(=O)C(C)C)sc3c2)cc1. The Hall–Kier alpha value is -2.73. The number of nitrogens with one attached hydrogen (secondary N) is 2. The maximum absolute atomic E-state index is 12.2. The molecule has 6 heteroatoms. The first-order chi connectivity index (χ1) is 13.4. The molecule has 0 spiro atoms. The van der Waals surface area contributed by atoms with Crippen molar-refractivity contribution in [2.75, 3.05) is 10.6 Å². The van der Waals surface area contributed by atoms with E-state index in [0.717, 1.165) is 27.9 Å². The van der Waals surface area contributed by atoms with Gasteiger partial charge in [0.15, 0.2) is 5.13 Å². The number of aromatic nitrogens is 1. The van der Waals surface area contributed by atoms with Gasteiger partial charge in [-0.2, -0.15) is 0 Å². The third-order valence-electron chi connectivity index (χ3n) is 4.49. The molecule has 0 radical (unpaired) electrons. The molecule has 2 N–H and O–H groups in total. The molecule has 3 aromatic rings. The second kappa shape index (κ2) is 8.97. The van der Waals surface area contributed by atoms with Crippen LogP contribution in [0.2, 0.25) is 0 Å². The average molecular weight is 396 g/mol. The maximum atomic E-state index is 12.2. The van der Waals surface area contributed by atoms with E-state index in [2.05, 4.69) is 22.5 Å². The van der Waals surface area contributed by atoms with Gasteiger partial charge in [-0.25, -0.2) is 4.98 Å². The van der Waals surface area contributed by atoms with Gasteiger partial charge in [0.25, 0.3) is 0 Å². The quantitative estimate of drug-likeness (QED) is 0.590. The molecule has 5 nitrogen and oxygen atoms in total. The lowest BCUT2D eigenvalue weighted by Crippen LogP contribution is -2.17. The van der Waals surface area contributed by atoms with Gasteiger partial charge in [-0.15, -0.1) is 0 Å². The zero-order chi connectivity index (χ0) is 20.1. The largest absolute Gasteiger partial charge is 0.326 e. The number of anilines is 2. The van der Waals surface area contributed by atoms with E-state index in [1.54, 1.807) is 0 Å². The van der Waals surface area contributed by atoms with Gasteiger partial charge in [0.05, 0.1) is 10.2 Å². The van der Waals surface area contributed by atoms with Crippen LogP contribution in [0.1, 0.15) is 38.3 Å². The highest BCUT2D eigenvalue weighted by Gasteiger charge is 2.11. The fourth-order valence-corrected chi connectivity index (χ4v) is 3.67. The molecule has 0 saturated carbocycles. The van der Waals surface area contributed by atoms with Gasteiger partial charge in [-0.1, -0.05) is 50.3 Å². The summed E-state index contributed by atoms with van der Waals surface area (Å²) in [5.74, 6) is -0.124. The smallest absolute Gasteiger partial charge is 0.228 e. The van der Waals surface area contributed by atoms with Crippen molar-refractivity contribution in [1.82, 2.24) is 4.98 Å². The van der Waals surface area contributed by atoms with Crippen LogP contribution in [0.5, 0.6) is 0 Å². The molecule has 146 valence electrons. The highest BCUT2D eigenvalue weighted by molar-refractivity contribution is 7.22. The van der Waals surface area contributed by atoms with Crippen LogP contribution in [0.3, 0.4) is 0 Å². The van der Waals surface area contributed by atoms with Crippen molar-refractivity contribution in [3.05, 3.63) is 53.6 Å². The number of hydrogen-bond donors (Lipinski definition) is 2. The first kappa shape index (κ1) is 20.0. The van der Waals surface area contributed by atoms with Crippen molar-refractivity contribution in [1.29, 1.82) is 0 Å². The first-order valence-corrected chi connectivity index (χ1v) is 10.4. The van der Waals surface area contributed by atoms with Crippen LogP contribution < -0.4 is 10.6 Å². The Morgan fingerprint density at radius 1 is 1.04 bits per heavy atom. The zero-order valence-electron chi connectivity index (χ0n) is 16.4. The molecule has 28 heavy (non-hydrogen) atoms. The third-order valence-corrected chi connectivity index (χ3v) is 5.43. The number of fused-ring (bicyclic) bond motifs is 1. The molecule has 0 aliphatic heterocycles. The average Bonchev–Trinajstić information content (AvgIpc) is 3.08. The number of hydrogen-bond acceptors (Lipinski definition) is 4. The minimum atomic E-state index is -0.0840. The Morgan fingerprint density at radius 2 is 1.75 bits per heavy atom. The van der Waals surface area contributed by atoms with Gasteiger partial charge < -0.3 is 10.6 Å². The standard InChI is InChI=1S/C22H25N3O2S/c1-4-15-5-9-17(10-6-15)23-20(26)12-8-16-7-11-18-19(13-16)28-22(24-18)25-21(27)14(2)3/h5-7,9-11,13-14H,4,8,12H2,1-3H3,(H,23,26)(H,24,25,27). The maximum Gasteiger partial charge on any atom is 0.228 e. The van der Waals surface area contributed by atoms with Gasteiger partial charge in [0.2, 0.25) is 11.8 Å². The van der Waals surface area contributed by atoms with Gasteiger partial charge >= 0.3 is 0 Å². The van der Waals surface area contributed by atoms with Crippen LogP contribution in [0.25, 0.3) is 10.2 Å². The summed E-state index contributed by atoms with van der Waals surface area (Å²) >= 11 is 1.45. The Kier molecular flexibility index (Phi) is 6.41. The number of carbonyl (C=O) groups excluding carboxylic acids is 2. The van der Waals surface area contributed by atoms with E-state index < -0.39 is 0 Å². The molecule has 0 atom stereocenters. The van der Waals surface area contributed by atoms with Crippen molar-refractivity contribution in [3.63, 3.8) is 0 Å². The van der Waals surface area contributed by atoms with E-state index in [0.29, 0.717) is 18.0 Å². The van der Waals surface area contributed by atoms with Crippen LogP contribution >= 0.6 is 11.3 Å². The fourth-order valence-electron chi connectivity index (χ4n) is 2.73. The fraction of sp³-hybridized carbons (Fsp3) is 0.318. The van der Waals surface area contributed by atoms with Crippen molar-refractivity contribution in [3.8, 4) is 0 Å². The van der Waals surface area contributed by atoms with Crippen LogP contribution in [0, 0.1) is 5.92 Å². The summed E-state index contributed by atoms with van der Waals surface area (Å²) in [5, 5.41) is 6.39. The Bertz CT molecular complexity index is 977. The lowest BCUT2D eigenvalue weighted by molar-refractivity contribution is -0.119. The third kappa shape index (κ3) is 5.16. The van der Waals surface area contributed by atoms with Gasteiger partial charge in [-0.3, -0.25) is 9.59 Å². The van der Waals surface area contributed by atoms with E-state index >= 15 is 0 Å². The number of nitrogens with zero attached hydrogens (tertiary/aromatic N) is 1. The molecule has 0 aliphatic rings. The van der Waals surface area contributed by atoms with Gasteiger partial charge in [-0.05, 0) is 48.2 Å². The van der Waals surface area contributed by atoms with E-state index in [1.807, 2.05) is 56.3 Å².